The number of rotatable bonds is 18. The Kier molecular flexibility index (Phi) is 17.4. The standard InChI is InChI=1S/C24H48/c1-6-10-14-15-19-23(17-12-8-3)21-24(18-13-9-4)20-22(5)16-11-7-2/h23-24H,5-21H2,1-4H3. The molecule has 0 nitrogen and oxygen atoms in total. The normalized spacial score (nSPS) is 13.8. The van der Waals surface area contributed by atoms with Gasteiger partial charge in [-0.3, -0.25) is 0 Å². The Morgan fingerprint density at radius 3 is 1.75 bits per heavy atom. The van der Waals surface area contributed by atoms with Gasteiger partial charge in [-0.1, -0.05) is 117 Å². The fourth-order valence-electron chi connectivity index (χ4n) is 3.94. The Bertz CT molecular complexity index is 265. The Hall–Kier alpha value is -0.260. The minimum atomic E-state index is 0.905. The molecule has 2 unspecified atom stereocenters. The van der Waals surface area contributed by atoms with E-state index in [0.717, 1.165) is 11.8 Å². The molecule has 144 valence electrons. The van der Waals surface area contributed by atoms with Gasteiger partial charge in [0.2, 0.25) is 0 Å². The van der Waals surface area contributed by atoms with Gasteiger partial charge in [-0.15, -0.1) is 0 Å². The molecule has 0 rings (SSSR count). The minimum absolute atomic E-state index is 0.905. The van der Waals surface area contributed by atoms with Crippen molar-refractivity contribution in [1.82, 2.24) is 0 Å². The molecule has 0 bridgehead atoms. The Morgan fingerprint density at radius 2 is 1.17 bits per heavy atom. The summed E-state index contributed by atoms with van der Waals surface area (Å²) in [7, 11) is 0. The lowest BCUT2D eigenvalue weighted by Crippen LogP contribution is -2.11. The predicted octanol–water partition coefficient (Wildman–Crippen LogP) is 9.10. The van der Waals surface area contributed by atoms with Gasteiger partial charge in [0.1, 0.15) is 0 Å². The van der Waals surface area contributed by atoms with E-state index in [1.54, 1.807) is 0 Å². The van der Waals surface area contributed by atoms with E-state index >= 15 is 0 Å². The fraction of sp³-hybridized carbons (Fsp3) is 0.917. The van der Waals surface area contributed by atoms with E-state index in [1.807, 2.05) is 0 Å². The molecule has 2 atom stereocenters. The van der Waals surface area contributed by atoms with Gasteiger partial charge < -0.3 is 0 Å². The van der Waals surface area contributed by atoms with Crippen LogP contribution in [0.15, 0.2) is 12.2 Å². The largest absolute Gasteiger partial charge is 0.0999 e. The van der Waals surface area contributed by atoms with Crippen molar-refractivity contribution >= 4 is 0 Å². The van der Waals surface area contributed by atoms with Crippen LogP contribution in [0.5, 0.6) is 0 Å². The molecule has 0 radical (unpaired) electrons. The zero-order valence-corrected chi connectivity index (χ0v) is 17.7. The quantitative estimate of drug-likeness (QED) is 0.173. The monoisotopic (exact) mass is 336 g/mol. The first-order valence-corrected chi connectivity index (χ1v) is 11.3. The lowest BCUT2D eigenvalue weighted by Gasteiger charge is -2.25. The molecule has 0 aliphatic carbocycles. The van der Waals surface area contributed by atoms with Crippen molar-refractivity contribution in [2.75, 3.05) is 0 Å². The summed E-state index contributed by atoms with van der Waals surface area (Å²) < 4.78 is 0. The molecule has 0 aromatic carbocycles. The molecular weight excluding hydrogens is 288 g/mol. The Labute approximate surface area is 154 Å². The van der Waals surface area contributed by atoms with Gasteiger partial charge in [0.25, 0.3) is 0 Å². The number of hydrogen-bond donors (Lipinski definition) is 0. The Morgan fingerprint density at radius 1 is 0.625 bits per heavy atom. The van der Waals surface area contributed by atoms with Crippen LogP contribution >= 0.6 is 0 Å². The van der Waals surface area contributed by atoms with Crippen LogP contribution in [0.1, 0.15) is 130 Å². The number of hydrogen-bond acceptors (Lipinski definition) is 0. The van der Waals surface area contributed by atoms with Gasteiger partial charge in [-0.05, 0) is 37.5 Å². The zero-order valence-electron chi connectivity index (χ0n) is 17.7. The van der Waals surface area contributed by atoms with Gasteiger partial charge in [0.15, 0.2) is 0 Å². The van der Waals surface area contributed by atoms with Crippen molar-refractivity contribution in [1.29, 1.82) is 0 Å². The molecule has 0 heterocycles. The average Bonchev–Trinajstić information content (AvgIpc) is 2.58. The third kappa shape index (κ3) is 14.1. The van der Waals surface area contributed by atoms with Gasteiger partial charge in [0, 0.05) is 0 Å². The maximum absolute atomic E-state index is 4.40. The molecular formula is C24H48. The van der Waals surface area contributed by atoms with E-state index in [1.165, 1.54) is 108 Å². The lowest BCUT2D eigenvalue weighted by atomic mass is 9.81. The summed E-state index contributed by atoms with van der Waals surface area (Å²) in [4.78, 5) is 0. The van der Waals surface area contributed by atoms with Crippen LogP contribution in [0.2, 0.25) is 0 Å². The highest BCUT2D eigenvalue weighted by Crippen LogP contribution is 2.31. The molecule has 0 aliphatic rings. The van der Waals surface area contributed by atoms with Crippen LogP contribution < -0.4 is 0 Å². The molecule has 0 spiro atoms. The van der Waals surface area contributed by atoms with Crippen molar-refractivity contribution in [2.45, 2.75) is 130 Å². The van der Waals surface area contributed by atoms with E-state index in [2.05, 4.69) is 34.3 Å². The third-order valence-corrected chi connectivity index (χ3v) is 5.53. The molecule has 0 saturated carbocycles. The maximum atomic E-state index is 4.40. The zero-order chi connectivity index (χ0) is 18.0. The molecule has 0 fully saturated rings. The first kappa shape index (κ1) is 23.7. The average molecular weight is 337 g/mol. The van der Waals surface area contributed by atoms with Gasteiger partial charge in [0.05, 0.1) is 0 Å². The first-order valence-electron chi connectivity index (χ1n) is 11.3. The van der Waals surface area contributed by atoms with Crippen LogP contribution in [0.25, 0.3) is 0 Å². The lowest BCUT2D eigenvalue weighted by molar-refractivity contribution is 0.300. The summed E-state index contributed by atoms with van der Waals surface area (Å²) in [5, 5.41) is 0. The summed E-state index contributed by atoms with van der Waals surface area (Å²) in [5.74, 6) is 1.88. The Balaban J connectivity index is 4.45. The van der Waals surface area contributed by atoms with Crippen LogP contribution in [-0.2, 0) is 0 Å². The maximum Gasteiger partial charge on any atom is -0.0294 e. The minimum Gasteiger partial charge on any atom is -0.0999 e. The second-order valence-electron chi connectivity index (χ2n) is 8.16. The highest BCUT2D eigenvalue weighted by molar-refractivity contribution is 4.96. The summed E-state index contributed by atoms with van der Waals surface area (Å²) >= 11 is 0. The highest BCUT2D eigenvalue weighted by atomic mass is 14.2. The topological polar surface area (TPSA) is 0 Å². The first-order chi connectivity index (χ1) is 11.7. The third-order valence-electron chi connectivity index (χ3n) is 5.53. The van der Waals surface area contributed by atoms with E-state index in [4.69, 9.17) is 0 Å². The second kappa shape index (κ2) is 17.6. The van der Waals surface area contributed by atoms with Gasteiger partial charge in [-0.25, -0.2) is 0 Å². The van der Waals surface area contributed by atoms with Crippen molar-refractivity contribution in [2.24, 2.45) is 11.8 Å². The summed E-state index contributed by atoms with van der Waals surface area (Å²) in [5.41, 5.74) is 1.53. The fourth-order valence-corrected chi connectivity index (χ4v) is 3.94. The molecule has 0 heteroatoms. The molecule has 0 saturated heterocycles. The summed E-state index contributed by atoms with van der Waals surface area (Å²) in [6, 6.07) is 0. The second-order valence-corrected chi connectivity index (χ2v) is 8.16. The van der Waals surface area contributed by atoms with E-state index in [9.17, 15) is 0 Å². The van der Waals surface area contributed by atoms with E-state index in [0.29, 0.717) is 0 Å². The molecule has 0 aliphatic heterocycles. The van der Waals surface area contributed by atoms with Crippen molar-refractivity contribution in [3.05, 3.63) is 12.2 Å². The number of allylic oxidation sites excluding steroid dienone is 1. The summed E-state index contributed by atoms with van der Waals surface area (Å²) in [6.45, 7) is 13.7. The van der Waals surface area contributed by atoms with Crippen LogP contribution in [0.4, 0.5) is 0 Å². The molecule has 24 heavy (non-hydrogen) atoms. The molecule has 0 aromatic heterocycles. The van der Waals surface area contributed by atoms with Crippen molar-refractivity contribution in [3.8, 4) is 0 Å². The molecule has 0 aromatic rings. The van der Waals surface area contributed by atoms with Gasteiger partial charge >= 0.3 is 0 Å². The summed E-state index contributed by atoms with van der Waals surface area (Å²) in [6.07, 6.45) is 22.2. The van der Waals surface area contributed by atoms with Crippen molar-refractivity contribution < 1.29 is 0 Å². The smallest absolute Gasteiger partial charge is 0.0294 e. The molecule has 0 amide bonds. The SMILES string of the molecule is C=C(CCCC)CC(CCCC)CC(CCCC)CCCCCC. The van der Waals surface area contributed by atoms with Crippen LogP contribution in [0, 0.1) is 11.8 Å². The number of unbranched alkanes of at least 4 members (excludes halogenated alkanes) is 6. The van der Waals surface area contributed by atoms with Gasteiger partial charge in [-0.2, -0.15) is 0 Å². The van der Waals surface area contributed by atoms with Crippen molar-refractivity contribution in [3.63, 3.8) is 0 Å². The van der Waals surface area contributed by atoms with Crippen LogP contribution in [-0.4, -0.2) is 0 Å². The predicted molar refractivity (Wildman–Crippen MR) is 113 cm³/mol. The molecule has 0 N–H and O–H groups in total. The van der Waals surface area contributed by atoms with Crippen LogP contribution in [0.3, 0.4) is 0 Å². The van der Waals surface area contributed by atoms with E-state index in [-0.39, 0.29) is 0 Å². The highest BCUT2D eigenvalue weighted by Gasteiger charge is 2.17. The van der Waals surface area contributed by atoms with E-state index < -0.39 is 0 Å².